The van der Waals surface area contributed by atoms with E-state index in [1.54, 1.807) is 24.0 Å². The second-order valence-electron chi connectivity index (χ2n) is 8.89. The Kier molecular flexibility index (Phi) is 8.06. The molecule has 0 amide bonds. The van der Waals surface area contributed by atoms with E-state index in [0.29, 0.717) is 30.5 Å². The largest absolute Gasteiger partial charge is 0.508 e. The number of aromatic nitrogens is 2. The Balaban J connectivity index is 0.00000274. The fourth-order valence-corrected chi connectivity index (χ4v) is 5.78. The highest BCUT2D eigenvalue weighted by molar-refractivity contribution is 7.98. The van der Waals surface area contributed by atoms with Crippen LogP contribution in [0.5, 0.6) is 5.75 Å². The van der Waals surface area contributed by atoms with Crippen LogP contribution in [-0.4, -0.2) is 45.2 Å². The molecule has 5 rings (SSSR count). The topological polar surface area (TPSA) is 67.6 Å². The standard InChI is InChI=1S/C26H31N3O3S.ClH/c1-2-32-26(31)25-21(17-33-23-8-4-5-13-27-23)29(18-9-10-18)20-11-12-22(30)19(24(20)25)16-28-14-6-3-7-15-28;/h4-5,8,11-13,18,30H,2-3,6-7,9-10,14-17H2,1H3;1H. The third-order valence-electron chi connectivity index (χ3n) is 6.57. The van der Waals surface area contributed by atoms with E-state index in [9.17, 15) is 9.90 Å². The van der Waals surface area contributed by atoms with Gasteiger partial charge in [-0.05, 0) is 70.0 Å². The Morgan fingerprint density at radius 1 is 1.18 bits per heavy atom. The Labute approximate surface area is 211 Å². The van der Waals surface area contributed by atoms with Gasteiger partial charge in [0.25, 0.3) is 0 Å². The number of nitrogens with zero attached hydrogens (tertiary/aromatic N) is 3. The number of aromatic hydroxyl groups is 1. The molecule has 6 nitrogen and oxygen atoms in total. The number of phenols is 1. The average Bonchev–Trinajstić information content (AvgIpc) is 3.62. The molecule has 182 valence electrons. The number of carbonyl (C=O) groups excluding carboxylic acids is 1. The van der Waals surface area contributed by atoms with Crippen LogP contribution in [0.1, 0.15) is 66.7 Å². The van der Waals surface area contributed by atoms with Gasteiger partial charge in [0.1, 0.15) is 5.75 Å². The quantitative estimate of drug-likeness (QED) is 0.303. The van der Waals surface area contributed by atoms with E-state index in [2.05, 4.69) is 14.5 Å². The molecule has 0 radical (unpaired) electrons. The van der Waals surface area contributed by atoms with Gasteiger partial charge in [0.2, 0.25) is 0 Å². The highest BCUT2D eigenvalue weighted by Crippen LogP contribution is 2.45. The maximum Gasteiger partial charge on any atom is 0.340 e. The van der Waals surface area contributed by atoms with E-state index in [0.717, 1.165) is 53.1 Å². The summed E-state index contributed by atoms with van der Waals surface area (Å²) in [6.45, 7) is 4.86. The van der Waals surface area contributed by atoms with Crippen LogP contribution >= 0.6 is 24.2 Å². The van der Waals surface area contributed by atoms with Crippen LogP contribution < -0.4 is 0 Å². The zero-order chi connectivity index (χ0) is 22.8. The summed E-state index contributed by atoms with van der Waals surface area (Å²) in [5, 5.41) is 12.7. The number of hydrogen-bond acceptors (Lipinski definition) is 6. The summed E-state index contributed by atoms with van der Waals surface area (Å²) in [5.74, 6) is 0.583. The van der Waals surface area contributed by atoms with Crippen LogP contribution in [0, 0.1) is 0 Å². The number of phenolic OH excluding ortho intramolecular Hbond substituents is 1. The van der Waals surface area contributed by atoms with Crippen LogP contribution in [0.25, 0.3) is 10.9 Å². The molecular formula is C26H32ClN3O3S. The number of likely N-dealkylation sites (tertiary alicyclic amines) is 1. The lowest BCUT2D eigenvalue weighted by molar-refractivity contribution is 0.0527. The lowest BCUT2D eigenvalue weighted by atomic mass is 10.0. The minimum absolute atomic E-state index is 0. The number of esters is 1. The summed E-state index contributed by atoms with van der Waals surface area (Å²) in [6, 6.07) is 10.0. The predicted molar refractivity (Wildman–Crippen MR) is 138 cm³/mol. The molecule has 3 aromatic rings. The van der Waals surface area contributed by atoms with Gasteiger partial charge in [-0.3, -0.25) is 4.90 Å². The number of piperidine rings is 1. The third-order valence-corrected chi connectivity index (χ3v) is 7.53. The van der Waals surface area contributed by atoms with E-state index < -0.39 is 0 Å². The highest BCUT2D eigenvalue weighted by atomic mass is 35.5. The van der Waals surface area contributed by atoms with Gasteiger partial charge in [-0.25, -0.2) is 9.78 Å². The molecule has 1 aliphatic carbocycles. The molecule has 0 spiro atoms. The zero-order valence-corrected chi connectivity index (χ0v) is 21.2. The van der Waals surface area contributed by atoms with Crippen LogP contribution in [0.4, 0.5) is 0 Å². The number of rotatable bonds is 8. The summed E-state index contributed by atoms with van der Waals surface area (Å²) in [5.41, 5.74) is 3.47. The molecule has 2 fully saturated rings. The van der Waals surface area contributed by atoms with Crippen molar-refractivity contribution in [3.05, 3.63) is 53.3 Å². The van der Waals surface area contributed by atoms with Gasteiger partial charge in [0, 0.05) is 46.7 Å². The lowest BCUT2D eigenvalue weighted by Crippen LogP contribution is -2.29. The molecule has 2 aromatic heterocycles. The molecule has 0 bridgehead atoms. The Morgan fingerprint density at radius 2 is 1.97 bits per heavy atom. The van der Waals surface area contributed by atoms with Crippen LogP contribution in [0.2, 0.25) is 0 Å². The molecule has 3 heterocycles. The lowest BCUT2D eigenvalue weighted by Gasteiger charge is -2.27. The first-order valence-electron chi connectivity index (χ1n) is 12.0. The fourth-order valence-electron chi connectivity index (χ4n) is 4.90. The Bertz CT molecular complexity index is 1140. The van der Waals surface area contributed by atoms with Crippen molar-refractivity contribution in [1.29, 1.82) is 0 Å². The predicted octanol–water partition coefficient (Wildman–Crippen LogP) is 5.95. The van der Waals surface area contributed by atoms with Gasteiger partial charge in [0.15, 0.2) is 0 Å². The molecular weight excluding hydrogens is 470 g/mol. The van der Waals surface area contributed by atoms with Crippen molar-refractivity contribution in [2.75, 3.05) is 19.7 Å². The molecule has 8 heteroatoms. The SMILES string of the molecule is CCOC(=O)c1c(CSc2ccccn2)n(C2CC2)c2ccc(O)c(CN3CCCCC3)c12.Cl. The van der Waals surface area contributed by atoms with E-state index in [-0.39, 0.29) is 24.1 Å². The molecule has 34 heavy (non-hydrogen) atoms. The first-order valence-corrected chi connectivity index (χ1v) is 13.0. The normalized spacial score (nSPS) is 16.4. The monoisotopic (exact) mass is 501 g/mol. The molecule has 1 saturated heterocycles. The summed E-state index contributed by atoms with van der Waals surface area (Å²) >= 11 is 1.63. The first-order chi connectivity index (χ1) is 16.2. The van der Waals surface area contributed by atoms with E-state index in [4.69, 9.17) is 4.74 Å². The number of carbonyl (C=O) groups is 1. The smallest absolute Gasteiger partial charge is 0.340 e. The van der Waals surface area contributed by atoms with Crippen molar-refractivity contribution in [1.82, 2.24) is 14.5 Å². The zero-order valence-electron chi connectivity index (χ0n) is 19.5. The molecule has 1 aliphatic heterocycles. The van der Waals surface area contributed by atoms with Crippen molar-refractivity contribution in [3.63, 3.8) is 0 Å². The Hall–Kier alpha value is -2.22. The number of ether oxygens (including phenoxy) is 1. The summed E-state index contributed by atoms with van der Waals surface area (Å²) in [6.07, 6.45) is 7.62. The number of fused-ring (bicyclic) bond motifs is 1. The molecule has 1 saturated carbocycles. The van der Waals surface area contributed by atoms with Gasteiger partial charge in [-0.15, -0.1) is 24.2 Å². The van der Waals surface area contributed by atoms with Gasteiger partial charge < -0.3 is 14.4 Å². The maximum atomic E-state index is 13.3. The van der Waals surface area contributed by atoms with Gasteiger partial charge in [0.05, 0.1) is 17.2 Å². The molecule has 0 atom stereocenters. The van der Waals surface area contributed by atoms with Gasteiger partial charge in [-0.2, -0.15) is 0 Å². The van der Waals surface area contributed by atoms with Crippen LogP contribution in [-0.2, 0) is 17.0 Å². The number of halogens is 1. The maximum absolute atomic E-state index is 13.3. The molecule has 2 aliphatic rings. The second kappa shape index (κ2) is 11.0. The number of benzene rings is 1. The molecule has 0 unspecified atom stereocenters. The van der Waals surface area contributed by atoms with E-state index >= 15 is 0 Å². The summed E-state index contributed by atoms with van der Waals surface area (Å²) < 4.78 is 7.88. The number of thioether (sulfide) groups is 1. The van der Waals surface area contributed by atoms with Crippen molar-refractivity contribution >= 4 is 41.0 Å². The van der Waals surface area contributed by atoms with E-state index in [1.165, 1.54) is 19.3 Å². The minimum Gasteiger partial charge on any atom is -0.508 e. The van der Waals surface area contributed by atoms with Crippen molar-refractivity contribution in [2.45, 2.75) is 62.4 Å². The average molecular weight is 502 g/mol. The van der Waals surface area contributed by atoms with Crippen LogP contribution in [0.3, 0.4) is 0 Å². The van der Waals surface area contributed by atoms with Crippen LogP contribution in [0.15, 0.2) is 41.6 Å². The first kappa shape index (κ1) is 24.9. The van der Waals surface area contributed by atoms with E-state index in [1.807, 2.05) is 31.2 Å². The second-order valence-corrected chi connectivity index (χ2v) is 9.89. The summed E-state index contributed by atoms with van der Waals surface area (Å²) in [4.78, 5) is 20.2. The minimum atomic E-state index is -0.302. The fraction of sp³-hybridized carbons (Fsp3) is 0.462. The summed E-state index contributed by atoms with van der Waals surface area (Å²) in [7, 11) is 0. The van der Waals surface area contributed by atoms with Crippen molar-refractivity contribution in [2.24, 2.45) is 0 Å². The van der Waals surface area contributed by atoms with Crippen molar-refractivity contribution in [3.8, 4) is 5.75 Å². The third kappa shape index (κ3) is 5.07. The molecule has 1 aromatic carbocycles. The van der Waals surface area contributed by atoms with Crippen molar-refractivity contribution < 1.29 is 14.6 Å². The highest BCUT2D eigenvalue weighted by Gasteiger charge is 2.34. The number of pyridine rings is 1. The van der Waals surface area contributed by atoms with Gasteiger partial charge in [-0.1, -0.05) is 12.5 Å². The number of hydrogen-bond donors (Lipinski definition) is 1. The van der Waals surface area contributed by atoms with Gasteiger partial charge >= 0.3 is 5.97 Å². The Morgan fingerprint density at radius 3 is 2.65 bits per heavy atom. The molecule has 1 N–H and O–H groups in total.